The number of fused-ring (bicyclic) bond motifs is 8. The highest BCUT2D eigenvalue weighted by Crippen LogP contribution is 2.60. The van der Waals surface area contributed by atoms with Gasteiger partial charge in [0, 0.05) is 12.1 Å². The number of benzene rings is 1. The van der Waals surface area contributed by atoms with Crippen LogP contribution >= 0.6 is 0 Å². The number of nitro groups is 1. The molecule has 28 heavy (non-hydrogen) atoms. The van der Waals surface area contributed by atoms with Crippen molar-refractivity contribution >= 4 is 29.2 Å². The average molecular weight is 385 g/mol. The number of carbonyl (C=O) groups excluding carboxylic acids is 2. The number of hydrogen-bond acceptors (Lipinski definition) is 8. The maximum Gasteiger partial charge on any atom is 0.323 e. The van der Waals surface area contributed by atoms with Crippen molar-refractivity contribution in [1.29, 1.82) is 0 Å². The van der Waals surface area contributed by atoms with Gasteiger partial charge in [-0.05, 0) is 30.4 Å². The smallest absolute Gasteiger partial charge is 0.323 e. The highest BCUT2D eigenvalue weighted by atomic mass is 16.6. The molecule has 1 aromatic carbocycles. The van der Waals surface area contributed by atoms with E-state index in [9.17, 15) is 24.5 Å². The van der Waals surface area contributed by atoms with Crippen molar-refractivity contribution in [3.05, 3.63) is 34.4 Å². The van der Waals surface area contributed by atoms with E-state index in [0.29, 0.717) is 12.1 Å². The Balaban J connectivity index is 1.44. The maximum absolute atomic E-state index is 12.8. The topological polar surface area (TPSA) is 146 Å². The summed E-state index contributed by atoms with van der Waals surface area (Å²) in [4.78, 5) is 47.7. The third-order valence-electron chi connectivity index (χ3n) is 6.37. The lowest BCUT2D eigenvalue weighted by Gasteiger charge is -2.33. The lowest BCUT2D eigenvalue weighted by atomic mass is 9.76. The Hall–Kier alpha value is -3.37. The molecule has 0 unspecified atom stereocenters. The van der Waals surface area contributed by atoms with Crippen molar-refractivity contribution in [3.63, 3.8) is 0 Å². The zero-order valence-corrected chi connectivity index (χ0v) is 14.4. The molecule has 2 amide bonds. The zero-order chi connectivity index (χ0) is 19.7. The van der Waals surface area contributed by atoms with Crippen LogP contribution in [0, 0.1) is 33.8 Å². The first-order valence-electron chi connectivity index (χ1n) is 8.90. The van der Waals surface area contributed by atoms with Crippen LogP contribution in [0.3, 0.4) is 0 Å². The Bertz CT molecular complexity index is 946. The summed E-state index contributed by atoms with van der Waals surface area (Å²) in [6, 6.07) is 5.47. The third kappa shape index (κ3) is 2.06. The first kappa shape index (κ1) is 16.8. The number of carbonyl (C=O) groups is 3. The van der Waals surface area contributed by atoms with Gasteiger partial charge in [-0.15, -0.1) is 0 Å². The molecule has 1 saturated heterocycles. The Morgan fingerprint density at radius 1 is 1.18 bits per heavy atom. The van der Waals surface area contributed by atoms with Crippen LogP contribution in [0.1, 0.15) is 6.42 Å². The number of likely N-dealkylation sites (tertiary alicyclic amines) is 1. The van der Waals surface area contributed by atoms with E-state index in [1.54, 1.807) is 17.1 Å². The van der Waals surface area contributed by atoms with Gasteiger partial charge in [0.25, 0.3) is 5.69 Å². The second-order valence-electron chi connectivity index (χ2n) is 7.58. The molecule has 2 bridgehead atoms. The summed E-state index contributed by atoms with van der Waals surface area (Å²) in [6.45, 7) is -0.618. The quantitative estimate of drug-likeness (QED) is 0.459. The summed E-state index contributed by atoms with van der Waals surface area (Å²) >= 11 is 0. The Kier molecular flexibility index (Phi) is 3.33. The number of carboxylic acid groups (broad SMARTS) is 1. The van der Waals surface area contributed by atoms with Gasteiger partial charge in [-0.25, -0.2) is 5.01 Å². The van der Waals surface area contributed by atoms with E-state index in [-0.39, 0.29) is 29.6 Å². The summed E-state index contributed by atoms with van der Waals surface area (Å²) in [5.41, 5.74) is 0.593. The van der Waals surface area contributed by atoms with Gasteiger partial charge < -0.3 is 5.11 Å². The summed E-state index contributed by atoms with van der Waals surface area (Å²) < 4.78 is 0. The van der Waals surface area contributed by atoms with Crippen LogP contribution in [0.4, 0.5) is 11.4 Å². The molecule has 0 spiro atoms. The summed E-state index contributed by atoms with van der Waals surface area (Å²) in [7, 11) is 0. The van der Waals surface area contributed by atoms with Crippen molar-refractivity contribution in [2.45, 2.75) is 18.5 Å². The molecule has 2 aliphatic heterocycles. The monoisotopic (exact) mass is 385 g/mol. The maximum atomic E-state index is 12.8. The van der Waals surface area contributed by atoms with E-state index in [0.717, 1.165) is 4.90 Å². The van der Waals surface area contributed by atoms with E-state index in [4.69, 9.17) is 5.11 Å². The summed E-state index contributed by atoms with van der Waals surface area (Å²) in [5.74, 6) is -3.48. The average Bonchev–Trinajstić information content (AvgIpc) is 3.38. The molecule has 0 aromatic heterocycles. The van der Waals surface area contributed by atoms with Crippen LogP contribution in [0.25, 0.3) is 0 Å². The van der Waals surface area contributed by atoms with Gasteiger partial charge in [-0.1, -0.05) is 5.22 Å². The van der Waals surface area contributed by atoms with E-state index in [1.165, 1.54) is 12.1 Å². The molecule has 0 radical (unpaired) electrons. The zero-order valence-electron chi connectivity index (χ0n) is 14.4. The molecule has 144 valence electrons. The summed E-state index contributed by atoms with van der Waals surface area (Å²) in [6.07, 6.45) is 0.658. The number of rotatable bonds is 4. The highest BCUT2D eigenvalue weighted by Gasteiger charge is 2.70. The van der Waals surface area contributed by atoms with Crippen LogP contribution in [-0.4, -0.2) is 51.3 Å². The number of carboxylic acids is 1. The second kappa shape index (κ2) is 5.57. The van der Waals surface area contributed by atoms with Crippen molar-refractivity contribution in [1.82, 2.24) is 4.90 Å². The van der Waals surface area contributed by atoms with Gasteiger partial charge in [0.2, 0.25) is 11.8 Å². The minimum atomic E-state index is -1.22. The molecule has 11 heteroatoms. The molecule has 5 rings (SSSR count). The normalized spacial score (nSPS) is 34.9. The van der Waals surface area contributed by atoms with E-state index >= 15 is 0 Å². The Labute approximate surface area is 157 Å². The van der Waals surface area contributed by atoms with Crippen LogP contribution in [0.2, 0.25) is 0 Å². The number of nitro benzene ring substituents is 1. The van der Waals surface area contributed by atoms with Crippen molar-refractivity contribution in [2.24, 2.45) is 34.0 Å². The van der Waals surface area contributed by atoms with Crippen LogP contribution in [-0.2, 0) is 14.4 Å². The fraction of sp³-hybridized carbons (Fsp3) is 0.471. The highest BCUT2D eigenvalue weighted by molar-refractivity contribution is 6.08. The number of non-ortho nitro benzene ring substituents is 1. The second-order valence-corrected chi connectivity index (χ2v) is 7.58. The lowest BCUT2D eigenvalue weighted by molar-refractivity contribution is -0.384. The predicted molar refractivity (Wildman–Crippen MR) is 90.9 cm³/mol. The molecule has 2 saturated carbocycles. The molecule has 6 atom stereocenters. The number of hydrogen-bond donors (Lipinski definition) is 1. The minimum absolute atomic E-state index is 0.0367. The molecule has 1 N–H and O–H groups in total. The number of amides is 2. The molecule has 4 aliphatic rings. The van der Waals surface area contributed by atoms with Gasteiger partial charge in [0.1, 0.15) is 6.54 Å². The van der Waals surface area contributed by atoms with E-state index < -0.39 is 41.1 Å². The third-order valence-corrected chi connectivity index (χ3v) is 6.37. The largest absolute Gasteiger partial charge is 0.480 e. The van der Waals surface area contributed by atoms with Gasteiger partial charge in [0.15, 0.2) is 0 Å². The van der Waals surface area contributed by atoms with Gasteiger partial charge >= 0.3 is 5.97 Å². The van der Waals surface area contributed by atoms with Crippen molar-refractivity contribution < 1.29 is 24.4 Å². The Morgan fingerprint density at radius 3 is 2.43 bits per heavy atom. The molecule has 2 aliphatic carbocycles. The molecule has 11 nitrogen and oxygen atoms in total. The molecule has 2 heterocycles. The van der Waals surface area contributed by atoms with E-state index in [2.05, 4.69) is 10.3 Å². The fourth-order valence-electron chi connectivity index (χ4n) is 5.39. The summed E-state index contributed by atoms with van der Waals surface area (Å²) in [5, 5.41) is 30.1. The minimum Gasteiger partial charge on any atom is -0.480 e. The standard InChI is InChI=1S/C17H15N5O6/c23-11(24)6-20-16(25)12-9-5-10(13(12)17(20)26)15-14(9)18-19-21(15)7-1-3-8(4-2-7)22(27)28/h1-4,9-10,12-15H,5-6H2,(H,23,24)/t9-,10-,12-,13-,14+,15+/m1/s1. The van der Waals surface area contributed by atoms with Gasteiger partial charge in [-0.2, -0.15) is 5.11 Å². The van der Waals surface area contributed by atoms with Gasteiger partial charge in [-0.3, -0.25) is 29.4 Å². The molecule has 3 fully saturated rings. The van der Waals surface area contributed by atoms with E-state index in [1.807, 2.05) is 0 Å². The molecule has 1 aromatic rings. The predicted octanol–water partition coefficient (Wildman–Crippen LogP) is 0.855. The van der Waals surface area contributed by atoms with Gasteiger partial charge in [0.05, 0.1) is 34.5 Å². The lowest BCUT2D eigenvalue weighted by Crippen LogP contribution is -2.47. The number of imide groups is 1. The SMILES string of the molecule is O=C(O)CN1C(=O)[C@@H]2[C@H]3C[C@@H]([C@@H]4N=NN(c5ccc([N+](=O)[O-])cc5)[C@@H]34)[C@H]2C1=O. The van der Waals surface area contributed by atoms with Crippen LogP contribution in [0.5, 0.6) is 0 Å². The number of anilines is 1. The first-order valence-corrected chi connectivity index (χ1v) is 8.90. The number of aliphatic carboxylic acids is 1. The molecular weight excluding hydrogens is 370 g/mol. The van der Waals surface area contributed by atoms with Crippen molar-refractivity contribution in [2.75, 3.05) is 11.6 Å². The van der Waals surface area contributed by atoms with Crippen LogP contribution in [0.15, 0.2) is 34.6 Å². The first-order chi connectivity index (χ1) is 13.4. The fourth-order valence-corrected chi connectivity index (χ4v) is 5.39. The Morgan fingerprint density at radius 2 is 1.82 bits per heavy atom. The van der Waals surface area contributed by atoms with Crippen molar-refractivity contribution in [3.8, 4) is 0 Å². The van der Waals surface area contributed by atoms with Crippen LogP contribution < -0.4 is 5.01 Å². The number of nitrogens with zero attached hydrogens (tertiary/aromatic N) is 5. The molecular formula is C17H15N5O6.